The van der Waals surface area contributed by atoms with E-state index in [0.29, 0.717) is 13.0 Å². The quantitative estimate of drug-likeness (QED) is 0.837. The van der Waals surface area contributed by atoms with E-state index >= 15 is 0 Å². The summed E-state index contributed by atoms with van der Waals surface area (Å²) in [5.41, 5.74) is 2.16. The lowest BCUT2D eigenvalue weighted by atomic mass is 10.3. The Labute approximate surface area is 125 Å². The van der Waals surface area contributed by atoms with E-state index in [1.165, 1.54) is 0 Å². The molecule has 2 aromatic rings. The molecule has 0 aliphatic rings. The SMILES string of the molecule is Cc1cc(C)n(CCCC(=O)NCCc2nccn2C)n1. The number of aryl methyl sites for hydroxylation is 4. The van der Waals surface area contributed by atoms with E-state index in [0.717, 1.165) is 36.6 Å². The average Bonchev–Trinajstić information content (AvgIpc) is 2.96. The molecule has 2 aromatic heterocycles. The van der Waals surface area contributed by atoms with Crippen LogP contribution in [0.4, 0.5) is 0 Å². The van der Waals surface area contributed by atoms with Gasteiger partial charge in [-0.1, -0.05) is 0 Å². The number of amides is 1. The molecule has 0 bridgehead atoms. The number of rotatable bonds is 7. The summed E-state index contributed by atoms with van der Waals surface area (Å²) in [7, 11) is 1.96. The first-order valence-corrected chi connectivity index (χ1v) is 7.30. The summed E-state index contributed by atoms with van der Waals surface area (Å²) in [5, 5.41) is 7.32. The highest BCUT2D eigenvalue weighted by Gasteiger charge is 2.05. The number of carbonyl (C=O) groups excluding carboxylic acids is 1. The van der Waals surface area contributed by atoms with Gasteiger partial charge in [-0.2, -0.15) is 5.10 Å². The van der Waals surface area contributed by atoms with Gasteiger partial charge in [-0.25, -0.2) is 4.98 Å². The maximum atomic E-state index is 11.8. The summed E-state index contributed by atoms with van der Waals surface area (Å²) in [4.78, 5) is 16.0. The van der Waals surface area contributed by atoms with Crippen molar-refractivity contribution in [3.63, 3.8) is 0 Å². The van der Waals surface area contributed by atoms with Crippen LogP contribution in [0.3, 0.4) is 0 Å². The summed E-state index contributed by atoms with van der Waals surface area (Å²) in [6.45, 7) is 5.43. The van der Waals surface area contributed by atoms with E-state index < -0.39 is 0 Å². The van der Waals surface area contributed by atoms with Crippen molar-refractivity contribution in [1.29, 1.82) is 0 Å². The molecular formula is C15H23N5O. The number of nitrogens with zero attached hydrogens (tertiary/aromatic N) is 4. The summed E-state index contributed by atoms with van der Waals surface area (Å²) < 4.78 is 3.92. The third-order valence-electron chi connectivity index (χ3n) is 3.47. The fraction of sp³-hybridized carbons (Fsp3) is 0.533. The molecule has 0 aliphatic carbocycles. The molecule has 6 heteroatoms. The normalized spacial score (nSPS) is 10.8. The molecule has 0 spiro atoms. The minimum absolute atomic E-state index is 0.0886. The average molecular weight is 289 g/mol. The van der Waals surface area contributed by atoms with Crippen LogP contribution in [0.2, 0.25) is 0 Å². The van der Waals surface area contributed by atoms with Gasteiger partial charge in [0.15, 0.2) is 0 Å². The fourth-order valence-corrected chi connectivity index (χ4v) is 2.33. The maximum absolute atomic E-state index is 11.8. The largest absolute Gasteiger partial charge is 0.356 e. The molecule has 0 saturated heterocycles. The van der Waals surface area contributed by atoms with E-state index in [9.17, 15) is 4.79 Å². The molecule has 0 atom stereocenters. The van der Waals surface area contributed by atoms with Crippen LogP contribution in [0.1, 0.15) is 30.1 Å². The van der Waals surface area contributed by atoms with E-state index in [1.54, 1.807) is 6.20 Å². The van der Waals surface area contributed by atoms with Crippen molar-refractivity contribution in [2.75, 3.05) is 6.54 Å². The predicted octanol–water partition coefficient (Wildman–Crippen LogP) is 1.37. The summed E-state index contributed by atoms with van der Waals surface area (Å²) in [6.07, 6.45) is 5.76. The van der Waals surface area contributed by atoms with Crippen molar-refractivity contribution >= 4 is 5.91 Å². The lowest BCUT2D eigenvalue weighted by Gasteiger charge is -2.06. The third-order valence-corrected chi connectivity index (χ3v) is 3.47. The molecule has 2 heterocycles. The number of hydrogen-bond donors (Lipinski definition) is 1. The molecule has 1 N–H and O–H groups in total. The number of hydrogen-bond acceptors (Lipinski definition) is 3. The molecule has 0 aromatic carbocycles. The molecular weight excluding hydrogens is 266 g/mol. The predicted molar refractivity (Wildman–Crippen MR) is 80.9 cm³/mol. The van der Waals surface area contributed by atoms with Gasteiger partial charge >= 0.3 is 0 Å². The van der Waals surface area contributed by atoms with E-state index in [-0.39, 0.29) is 5.91 Å². The van der Waals surface area contributed by atoms with E-state index in [1.807, 2.05) is 42.4 Å². The highest BCUT2D eigenvalue weighted by atomic mass is 16.1. The van der Waals surface area contributed by atoms with Crippen LogP contribution in [0.5, 0.6) is 0 Å². The molecule has 6 nitrogen and oxygen atoms in total. The first-order chi connectivity index (χ1) is 10.1. The lowest BCUT2D eigenvalue weighted by molar-refractivity contribution is -0.121. The lowest BCUT2D eigenvalue weighted by Crippen LogP contribution is -2.26. The van der Waals surface area contributed by atoms with Crippen LogP contribution in [0.15, 0.2) is 18.5 Å². The maximum Gasteiger partial charge on any atom is 0.220 e. The van der Waals surface area contributed by atoms with Crippen molar-refractivity contribution in [1.82, 2.24) is 24.6 Å². The molecule has 114 valence electrons. The number of carbonyl (C=O) groups is 1. The van der Waals surface area contributed by atoms with Gasteiger partial charge in [-0.15, -0.1) is 0 Å². The molecule has 0 aliphatic heterocycles. The molecule has 0 fully saturated rings. The third kappa shape index (κ3) is 4.44. The van der Waals surface area contributed by atoms with Crippen molar-refractivity contribution in [2.45, 2.75) is 39.7 Å². The second-order valence-corrected chi connectivity index (χ2v) is 5.31. The second-order valence-electron chi connectivity index (χ2n) is 5.31. The van der Waals surface area contributed by atoms with Gasteiger partial charge in [0.1, 0.15) is 5.82 Å². The van der Waals surface area contributed by atoms with Gasteiger partial charge in [0.05, 0.1) is 5.69 Å². The Hall–Kier alpha value is -2.11. The zero-order valence-electron chi connectivity index (χ0n) is 13.0. The Kier molecular flexibility index (Phi) is 5.14. The molecule has 21 heavy (non-hydrogen) atoms. The molecule has 1 amide bonds. The Balaban J connectivity index is 1.64. The Bertz CT molecular complexity index is 599. The van der Waals surface area contributed by atoms with Crippen molar-refractivity contribution in [3.8, 4) is 0 Å². The van der Waals surface area contributed by atoms with Crippen molar-refractivity contribution < 1.29 is 4.79 Å². The second kappa shape index (κ2) is 7.06. The zero-order chi connectivity index (χ0) is 15.2. The minimum atomic E-state index is 0.0886. The topological polar surface area (TPSA) is 64.7 Å². The summed E-state index contributed by atoms with van der Waals surface area (Å²) in [5.74, 6) is 1.07. The van der Waals surface area contributed by atoms with Crippen molar-refractivity contribution in [2.24, 2.45) is 7.05 Å². The molecule has 0 saturated carbocycles. The van der Waals surface area contributed by atoms with Gasteiger partial charge in [-0.3, -0.25) is 9.48 Å². The van der Waals surface area contributed by atoms with Crippen LogP contribution in [-0.4, -0.2) is 31.8 Å². The van der Waals surface area contributed by atoms with Gasteiger partial charge < -0.3 is 9.88 Å². The monoisotopic (exact) mass is 289 g/mol. The van der Waals surface area contributed by atoms with Crippen LogP contribution >= 0.6 is 0 Å². The smallest absolute Gasteiger partial charge is 0.220 e. The standard InChI is InChI=1S/C15H23N5O/c1-12-11-13(2)20(18-12)9-4-5-15(21)17-7-6-14-16-8-10-19(14)3/h8,10-11H,4-7,9H2,1-3H3,(H,17,21). The number of imidazole rings is 1. The van der Waals surface area contributed by atoms with Crippen molar-refractivity contribution in [3.05, 3.63) is 35.7 Å². The minimum Gasteiger partial charge on any atom is -0.356 e. The van der Waals surface area contributed by atoms with Crippen LogP contribution < -0.4 is 5.32 Å². The van der Waals surface area contributed by atoms with Crippen LogP contribution in [0.25, 0.3) is 0 Å². The fourth-order valence-electron chi connectivity index (χ4n) is 2.33. The Morgan fingerprint density at radius 2 is 2.19 bits per heavy atom. The Morgan fingerprint density at radius 3 is 2.81 bits per heavy atom. The number of nitrogens with one attached hydrogen (secondary N) is 1. The molecule has 0 radical (unpaired) electrons. The van der Waals surface area contributed by atoms with Gasteiger partial charge in [0.25, 0.3) is 0 Å². The van der Waals surface area contributed by atoms with Gasteiger partial charge in [0, 0.05) is 51.1 Å². The highest BCUT2D eigenvalue weighted by Crippen LogP contribution is 2.04. The Morgan fingerprint density at radius 1 is 1.38 bits per heavy atom. The highest BCUT2D eigenvalue weighted by molar-refractivity contribution is 5.75. The van der Waals surface area contributed by atoms with Crippen LogP contribution in [-0.2, 0) is 24.8 Å². The number of aromatic nitrogens is 4. The molecule has 2 rings (SSSR count). The van der Waals surface area contributed by atoms with E-state index in [2.05, 4.69) is 15.4 Å². The first kappa shape index (κ1) is 15.3. The van der Waals surface area contributed by atoms with Gasteiger partial charge in [-0.05, 0) is 26.3 Å². The first-order valence-electron chi connectivity index (χ1n) is 7.30. The summed E-state index contributed by atoms with van der Waals surface area (Å²) in [6, 6.07) is 2.05. The van der Waals surface area contributed by atoms with Gasteiger partial charge in [0.2, 0.25) is 5.91 Å². The zero-order valence-corrected chi connectivity index (χ0v) is 13.0. The summed E-state index contributed by atoms with van der Waals surface area (Å²) >= 11 is 0. The van der Waals surface area contributed by atoms with Crippen LogP contribution in [0, 0.1) is 13.8 Å². The van der Waals surface area contributed by atoms with E-state index in [4.69, 9.17) is 0 Å². The molecule has 0 unspecified atom stereocenters.